The number of nitrogens with zero attached hydrogens (tertiary/aromatic N) is 2. The minimum absolute atomic E-state index is 0.170. The van der Waals surface area contributed by atoms with Crippen LogP contribution in [0.15, 0.2) is 64.0 Å². The van der Waals surface area contributed by atoms with Crippen LogP contribution in [0.25, 0.3) is 0 Å². The number of benzene rings is 2. The lowest BCUT2D eigenvalue weighted by molar-refractivity contribution is -0.130. The zero-order chi connectivity index (χ0) is 19.4. The number of rotatable bonds is 6. The molecule has 1 unspecified atom stereocenters. The molecule has 6 nitrogen and oxygen atoms in total. The van der Waals surface area contributed by atoms with Crippen molar-refractivity contribution in [2.24, 2.45) is 0 Å². The molecule has 0 bridgehead atoms. The number of carbonyl (C=O) groups is 1. The summed E-state index contributed by atoms with van der Waals surface area (Å²) in [5.74, 6) is -0.185. The molecule has 1 N–H and O–H groups in total. The molecule has 1 aliphatic rings. The molecule has 144 valence electrons. The van der Waals surface area contributed by atoms with Crippen molar-refractivity contribution in [1.82, 2.24) is 9.21 Å². The van der Waals surface area contributed by atoms with Gasteiger partial charge in [0.1, 0.15) is 0 Å². The Morgan fingerprint density at radius 3 is 2.52 bits per heavy atom. The Labute approximate surface area is 168 Å². The van der Waals surface area contributed by atoms with Crippen LogP contribution in [0.1, 0.15) is 6.42 Å². The molecule has 0 radical (unpaired) electrons. The van der Waals surface area contributed by atoms with Gasteiger partial charge in [0.2, 0.25) is 15.9 Å². The van der Waals surface area contributed by atoms with E-state index in [9.17, 15) is 13.2 Å². The van der Waals surface area contributed by atoms with Crippen molar-refractivity contribution in [2.75, 3.05) is 32.0 Å². The summed E-state index contributed by atoms with van der Waals surface area (Å²) in [4.78, 5) is 14.5. The summed E-state index contributed by atoms with van der Waals surface area (Å²) in [6.45, 7) is 1.02. The number of hydrogen-bond donors (Lipinski definition) is 1. The predicted octanol–water partition coefficient (Wildman–Crippen LogP) is 2.78. The molecule has 8 heteroatoms. The van der Waals surface area contributed by atoms with Crippen molar-refractivity contribution in [3.8, 4) is 0 Å². The molecule has 0 spiro atoms. The molecule has 2 aromatic carbocycles. The summed E-state index contributed by atoms with van der Waals surface area (Å²) in [5, 5.41) is 3.41. The Bertz CT molecular complexity index is 888. The second-order valence-corrected chi connectivity index (χ2v) is 9.51. The van der Waals surface area contributed by atoms with Gasteiger partial charge >= 0.3 is 0 Å². The van der Waals surface area contributed by atoms with Gasteiger partial charge in [0.05, 0.1) is 11.4 Å². The van der Waals surface area contributed by atoms with Crippen molar-refractivity contribution >= 4 is 37.5 Å². The number of anilines is 1. The Hall–Kier alpha value is -1.90. The SMILES string of the molecule is CN(CC(=O)N1CCC(Nc2ccccc2)C1)S(=O)(=O)c1ccc(Br)cc1. The normalized spacial score (nSPS) is 17.3. The first-order chi connectivity index (χ1) is 12.9. The Kier molecular flexibility index (Phi) is 6.18. The molecule has 2 aromatic rings. The van der Waals surface area contributed by atoms with Crippen LogP contribution in [-0.4, -0.2) is 56.3 Å². The van der Waals surface area contributed by atoms with E-state index in [1.807, 2.05) is 30.3 Å². The maximum atomic E-state index is 12.6. The second kappa shape index (κ2) is 8.41. The van der Waals surface area contributed by atoms with E-state index in [0.717, 1.165) is 20.9 Å². The van der Waals surface area contributed by atoms with E-state index >= 15 is 0 Å². The van der Waals surface area contributed by atoms with Crippen molar-refractivity contribution < 1.29 is 13.2 Å². The fourth-order valence-corrected chi connectivity index (χ4v) is 4.42. The van der Waals surface area contributed by atoms with Gasteiger partial charge in [-0.2, -0.15) is 4.31 Å². The number of hydrogen-bond acceptors (Lipinski definition) is 4. The summed E-state index contributed by atoms with van der Waals surface area (Å²) in [6, 6.07) is 16.4. The minimum atomic E-state index is -3.69. The van der Waals surface area contributed by atoms with Crippen LogP contribution in [0.5, 0.6) is 0 Å². The number of sulfonamides is 1. The van der Waals surface area contributed by atoms with E-state index < -0.39 is 10.0 Å². The van der Waals surface area contributed by atoms with Crippen LogP contribution < -0.4 is 5.32 Å². The van der Waals surface area contributed by atoms with Gasteiger partial charge in [-0.05, 0) is 42.8 Å². The van der Waals surface area contributed by atoms with Crippen molar-refractivity contribution in [3.05, 3.63) is 59.1 Å². The van der Waals surface area contributed by atoms with E-state index in [0.29, 0.717) is 13.1 Å². The number of amides is 1. The van der Waals surface area contributed by atoms with Gasteiger partial charge < -0.3 is 10.2 Å². The van der Waals surface area contributed by atoms with Crippen LogP contribution in [0, 0.1) is 0 Å². The fraction of sp³-hybridized carbons (Fsp3) is 0.316. The molecule has 1 atom stereocenters. The first-order valence-corrected chi connectivity index (χ1v) is 10.9. The summed E-state index contributed by atoms with van der Waals surface area (Å²) in [7, 11) is -2.26. The van der Waals surface area contributed by atoms with E-state index in [1.165, 1.54) is 19.2 Å². The van der Waals surface area contributed by atoms with Crippen molar-refractivity contribution in [1.29, 1.82) is 0 Å². The van der Waals surface area contributed by atoms with E-state index in [-0.39, 0.29) is 23.4 Å². The number of carbonyl (C=O) groups excluding carboxylic acids is 1. The molecule has 3 rings (SSSR count). The zero-order valence-corrected chi connectivity index (χ0v) is 17.4. The van der Waals surface area contributed by atoms with Crippen LogP contribution in [0.3, 0.4) is 0 Å². The van der Waals surface area contributed by atoms with E-state index in [1.54, 1.807) is 17.0 Å². The molecule has 1 amide bonds. The highest BCUT2D eigenvalue weighted by molar-refractivity contribution is 9.10. The number of nitrogens with one attached hydrogen (secondary N) is 1. The standard InChI is InChI=1S/C19H22BrN3O3S/c1-22(27(25,26)18-9-7-15(20)8-10-18)14-19(24)23-12-11-17(13-23)21-16-5-3-2-4-6-16/h2-10,17,21H,11-14H2,1H3. The molecule has 1 heterocycles. The monoisotopic (exact) mass is 451 g/mol. The van der Waals surface area contributed by atoms with Crippen molar-refractivity contribution in [2.45, 2.75) is 17.4 Å². The number of likely N-dealkylation sites (tertiary alicyclic amines) is 1. The molecule has 27 heavy (non-hydrogen) atoms. The molecule has 1 saturated heterocycles. The zero-order valence-electron chi connectivity index (χ0n) is 15.0. The highest BCUT2D eigenvalue weighted by Gasteiger charge is 2.29. The predicted molar refractivity (Wildman–Crippen MR) is 109 cm³/mol. The number of para-hydroxylation sites is 1. The minimum Gasteiger partial charge on any atom is -0.380 e. The molecule has 0 aliphatic carbocycles. The fourth-order valence-electron chi connectivity index (χ4n) is 3.04. The Morgan fingerprint density at radius 2 is 1.85 bits per heavy atom. The molecule has 0 aromatic heterocycles. The van der Waals surface area contributed by atoms with E-state index in [4.69, 9.17) is 0 Å². The topological polar surface area (TPSA) is 69.7 Å². The Morgan fingerprint density at radius 1 is 1.19 bits per heavy atom. The van der Waals surface area contributed by atoms with Gasteiger partial charge in [-0.3, -0.25) is 4.79 Å². The van der Waals surface area contributed by atoms with Crippen LogP contribution in [-0.2, 0) is 14.8 Å². The second-order valence-electron chi connectivity index (χ2n) is 6.55. The van der Waals surface area contributed by atoms with Gasteiger partial charge in [-0.25, -0.2) is 8.42 Å². The summed E-state index contributed by atoms with van der Waals surface area (Å²) in [6.07, 6.45) is 0.837. The van der Waals surface area contributed by atoms with Gasteiger partial charge in [0.25, 0.3) is 0 Å². The Balaban J connectivity index is 1.57. The molecule has 1 fully saturated rings. The van der Waals surface area contributed by atoms with E-state index in [2.05, 4.69) is 21.2 Å². The number of halogens is 1. The lowest BCUT2D eigenvalue weighted by Crippen LogP contribution is -2.40. The third-order valence-electron chi connectivity index (χ3n) is 4.57. The average molecular weight is 452 g/mol. The molecular weight excluding hydrogens is 430 g/mol. The van der Waals surface area contributed by atoms with Crippen LogP contribution in [0.2, 0.25) is 0 Å². The molecule has 1 aliphatic heterocycles. The van der Waals surface area contributed by atoms with Crippen LogP contribution >= 0.6 is 15.9 Å². The smallest absolute Gasteiger partial charge is 0.243 e. The summed E-state index contributed by atoms with van der Waals surface area (Å²) in [5.41, 5.74) is 1.02. The molecular formula is C19H22BrN3O3S. The van der Waals surface area contributed by atoms with Gasteiger partial charge in [-0.1, -0.05) is 34.1 Å². The van der Waals surface area contributed by atoms with Gasteiger partial charge in [-0.15, -0.1) is 0 Å². The maximum absolute atomic E-state index is 12.6. The lowest BCUT2D eigenvalue weighted by Gasteiger charge is -2.22. The quantitative estimate of drug-likeness (QED) is 0.732. The highest BCUT2D eigenvalue weighted by Crippen LogP contribution is 2.19. The molecule has 0 saturated carbocycles. The third kappa shape index (κ3) is 4.88. The van der Waals surface area contributed by atoms with Gasteiger partial charge in [0.15, 0.2) is 0 Å². The first-order valence-electron chi connectivity index (χ1n) is 8.67. The summed E-state index contributed by atoms with van der Waals surface area (Å²) < 4.78 is 27.2. The maximum Gasteiger partial charge on any atom is 0.243 e. The van der Waals surface area contributed by atoms with Crippen LogP contribution in [0.4, 0.5) is 5.69 Å². The van der Waals surface area contributed by atoms with Gasteiger partial charge in [0, 0.05) is 36.3 Å². The largest absolute Gasteiger partial charge is 0.380 e. The highest BCUT2D eigenvalue weighted by atomic mass is 79.9. The van der Waals surface area contributed by atoms with Crippen molar-refractivity contribution in [3.63, 3.8) is 0 Å². The first kappa shape index (κ1) is 19.9. The summed E-state index contributed by atoms with van der Waals surface area (Å²) >= 11 is 3.29. The number of likely N-dealkylation sites (N-methyl/N-ethyl adjacent to an activating group) is 1. The average Bonchev–Trinajstić information content (AvgIpc) is 3.11. The third-order valence-corrected chi connectivity index (χ3v) is 6.91. The lowest BCUT2D eigenvalue weighted by atomic mass is 10.2.